The van der Waals surface area contributed by atoms with Gasteiger partial charge in [-0.2, -0.15) is 0 Å². The van der Waals surface area contributed by atoms with Crippen LogP contribution in [0, 0.1) is 13.8 Å². The SMILES string of the molecule is Cc1nc(C)c([C@H](C)N[C@@H](C)C(=O)Nc2cc(Cl)c(Cl)cc2Cl)s1. The first-order valence-corrected chi connectivity index (χ1v) is 9.29. The Morgan fingerprint density at radius 2 is 1.75 bits per heavy atom. The molecule has 1 amide bonds. The predicted molar refractivity (Wildman–Crippen MR) is 103 cm³/mol. The summed E-state index contributed by atoms with van der Waals surface area (Å²) in [6.45, 7) is 7.74. The van der Waals surface area contributed by atoms with E-state index in [0.717, 1.165) is 15.6 Å². The van der Waals surface area contributed by atoms with Gasteiger partial charge in [-0.05, 0) is 39.8 Å². The van der Waals surface area contributed by atoms with Gasteiger partial charge in [0, 0.05) is 10.9 Å². The molecule has 2 rings (SSSR count). The minimum Gasteiger partial charge on any atom is -0.323 e. The van der Waals surface area contributed by atoms with Crippen LogP contribution in [0.5, 0.6) is 0 Å². The number of amides is 1. The highest BCUT2D eigenvalue weighted by atomic mass is 35.5. The zero-order valence-corrected chi connectivity index (χ0v) is 16.8. The number of aryl methyl sites for hydroxylation is 2. The van der Waals surface area contributed by atoms with Gasteiger partial charge >= 0.3 is 0 Å². The molecule has 1 heterocycles. The van der Waals surface area contributed by atoms with Gasteiger partial charge in [0.15, 0.2) is 0 Å². The summed E-state index contributed by atoms with van der Waals surface area (Å²) in [7, 11) is 0. The van der Waals surface area contributed by atoms with Crippen molar-refractivity contribution in [3.8, 4) is 0 Å². The molecule has 0 unspecified atom stereocenters. The number of thiazole rings is 1. The van der Waals surface area contributed by atoms with Crippen LogP contribution in [0.3, 0.4) is 0 Å². The van der Waals surface area contributed by atoms with Crippen molar-refractivity contribution in [2.75, 3.05) is 5.32 Å². The first-order chi connectivity index (χ1) is 11.2. The Morgan fingerprint density at radius 1 is 1.12 bits per heavy atom. The van der Waals surface area contributed by atoms with E-state index in [4.69, 9.17) is 34.8 Å². The van der Waals surface area contributed by atoms with Gasteiger partial charge in [-0.25, -0.2) is 4.98 Å². The van der Waals surface area contributed by atoms with Gasteiger partial charge in [-0.3, -0.25) is 10.1 Å². The molecule has 2 atom stereocenters. The second-order valence-corrected chi connectivity index (χ2v) is 7.98. The highest BCUT2D eigenvalue weighted by Gasteiger charge is 2.20. The summed E-state index contributed by atoms with van der Waals surface area (Å²) in [6.07, 6.45) is 0. The number of aromatic nitrogens is 1. The first-order valence-electron chi connectivity index (χ1n) is 7.34. The Labute approximate surface area is 160 Å². The van der Waals surface area contributed by atoms with Crippen molar-refractivity contribution in [1.29, 1.82) is 0 Å². The predicted octanol–water partition coefficient (Wildman–Crippen LogP) is 5.40. The monoisotopic (exact) mass is 405 g/mol. The second kappa shape index (κ2) is 8.02. The fraction of sp³-hybridized carbons (Fsp3) is 0.375. The topological polar surface area (TPSA) is 54.0 Å². The van der Waals surface area contributed by atoms with Crippen LogP contribution in [-0.4, -0.2) is 16.9 Å². The van der Waals surface area contributed by atoms with Crippen molar-refractivity contribution >= 4 is 57.7 Å². The Bertz CT molecular complexity index is 763. The average molecular weight is 407 g/mol. The molecule has 0 fully saturated rings. The van der Waals surface area contributed by atoms with Crippen LogP contribution in [0.1, 0.15) is 35.5 Å². The standard InChI is InChI=1S/C16H18Cl3N3OS/c1-7(15-8(2)21-10(4)24-15)20-9(3)16(23)22-14-6-12(18)11(17)5-13(14)19/h5-7,9,20H,1-4H3,(H,22,23)/t7-,9-/m0/s1. The van der Waals surface area contributed by atoms with E-state index in [0.29, 0.717) is 20.8 Å². The molecule has 24 heavy (non-hydrogen) atoms. The van der Waals surface area contributed by atoms with E-state index in [9.17, 15) is 4.79 Å². The van der Waals surface area contributed by atoms with Gasteiger partial charge in [0.2, 0.25) is 5.91 Å². The van der Waals surface area contributed by atoms with Crippen molar-refractivity contribution in [3.05, 3.63) is 42.8 Å². The van der Waals surface area contributed by atoms with Gasteiger partial charge in [-0.15, -0.1) is 11.3 Å². The van der Waals surface area contributed by atoms with Crippen molar-refractivity contribution < 1.29 is 4.79 Å². The van der Waals surface area contributed by atoms with Gasteiger partial charge in [0.1, 0.15) is 0 Å². The van der Waals surface area contributed by atoms with E-state index in [-0.39, 0.29) is 11.9 Å². The molecular weight excluding hydrogens is 389 g/mol. The first kappa shape index (κ1) is 19.5. The normalized spacial score (nSPS) is 13.6. The number of nitrogens with zero attached hydrogens (tertiary/aromatic N) is 1. The minimum absolute atomic E-state index is 0.0150. The van der Waals surface area contributed by atoms with Crippen molar-refractivity contribution in [1.82, 2.24) is 10.3 Å². The summed E-state index contributed by atoms with van der Waals surface area (Å²) in [5, 5.41) is 8.07. The van der Waals surface area contributed by atoms with Gasteiger partial charge in [-0.1, -0.05) is 34.8 Å². The molecule has 130 valence electrons. The number of hydrogen-bond donors (Lipinski definition) is 2. The van der Waals surface area contributed by atoms with E-state index in [2.05, 4.69) is 15.6 Å². The molecule has 0 spiro atoms. The zero-order valence-electron chi connectivity index (χ0n) is 13.7. The molecule has 2 aromatic rings. The summed E-state index contributed by atoms with van der Waals surface area (Å²) in [4.78, 5) is 17.9. The fourth-order valence-corrected chi connectivity index (χ4v) is 3.87. The molecule has 2 N–H and O–H groups in total. The fourth-order valence-electron chi connectivity index (χ4n) is 2.33. The van der Waals surface area contributed by atoms with Gasteiger partial charge in [0.25, 0.3) is 0 Å². The van der Waals surface area contributed by atoms with Crippen molar-refractivity contribution in [2.45, 2.75) is 39.8 Å². The number of anilines is 1. The Hall–Kier alpha value is -0.850. The number of carbonyl (C=O) groups is 1. The van der Waals surface area contributed by atoms with Crippen LogP contribution in [0.4, 0.5) is 5.69 Å². The molecule has 1 aromatic carbocycles. The molecule has 0 saturated carbocycles. The second-order valence-electron chi connectivity index (χ2n) is 5.53. The van der Waals surface area contributed by atoms with Gasteiger partial charge < -0.3 is 5.32 Å². The summed E-state index contributed by atoms with van der Waals surface area (Å²) in [6, 6.07) is 2.64. The Morgan fingerprint density at radius 3 is 2.33 bits per heavy atom. The Kier molecular flexibility index (Phi) is 6.51. The van der Waals surface area contributed by atoms with E-state index in [1.165, 1.54) is 12.1 Å². The van der Waals surface area contributed by atoms with Crippen LogP contribution in [0.25, 0.3) is 0 Å². The van der Waals surface area contributed by atoms with Crippen LogP contribution >= 0.6 is 46.1 Å². The third-order valence-electron chi connectivity index (χ3n) is 3.49. The molecule has 1 aromatic heterocycles. The molecule has 0 radical (unpaired) electrons. The van der Waals surface area contributed by atoms with Gasteiger partial charge in [0.05, 0.1) is 37.5 Å². The maximum absolute atomic E-state index is 12.4. The van der Waals surface area contributed by atoms with Crippen molar-refractivity contribution in [3.63, 3.8) is 0 Å². The minimum atomic E-state index is -0.424. The molecule has 0 aliphatic rings. The molecular formula is C16H18Cl3N3OS. The Balaban J connectivity index is 2.05. The van der Waals surface area contributed by atoms with E-state index >= 15 is 0 Å². The number of carbonyl (C=O) groups excluding carboxylic acids is 1. The lowest BCUT2D eigenvalue weighted by molar-refractivity contribution is -0.117. The van der Waals surface area contributed by atoms with Crippen LogP contribution in [0.2, 0.25) is 15.1 Å². The lowest BCUT2D eigenvalue weighted by Crippen LogP contribution is -2.39. The third-order valence-corrected chi connectivity index (χ3v) is 5.78. The van der Waals surface area contributed by atoms with Crippen LogP contribution in [-0.2, 0) is 4.79 Å². The summed E-state index contributed by atoms with van der Waals surface area (Å²) < 4.78 is 0. The molecule has 0 aliphatic heterocycles. The molecule has 0 saturated heterocycles. The number of hydrogen-bond acceptors (Lipinski definition) is 4. The molecule has 8 heteroatoms. The molecule has 0 bridgehead atoms. The maximum Gasteiger partial charge on any atom is 0.241 e. The van der Waals surface area contributed by atoms with E-state index in [1.807, 2.05) is 20.8 Å². The van der Waals surface area contributed by atoms with Crippen LogP contribution < -0.4 is 10.6 Å². The zero-order chi connectivity index (χ0) is 18.0. The van der Waals surface area contributed by atoms with Crippen molar-refractivity contribution in [2.24, 2.45) is 0 Å². The highest BCUT2D eigenvalue weighted by molar-refractivity contribution is 7.11. The number of benzene rings is 1. The summed E-state index contributed by atoms with van der Waals surface area (Å²) in [5.41, 5.74) is 1.42. The molecule has 0 aliphatic carbocycles. The molecule has 4 nitrogen and oxygen atoms in total. The number of halogens is 3. The number of nitrogens with one attached hydrogen (secondary N) is 2. The summed E-state index contributed by atoms with van der Waals surface area (Å²) >= 11 is 19.6. The lowest BCUT2D eigenvalue weighted by atomic mass is 10.2. The third kappa shape index (κ3) is 4.61. The maximum atomic E-state index is 12.4. The highest BCUT2D eigenvalue weighted by Crippen LogP contribution is 2.32. The van der Waals surface area contributed by atoms with E-state index in [1.54, 1.807) is 18.3 Å². The van der Waals surface area contributed by atoms with E-state index < -0.39 is 6.04 Å². The number of rotatable bonds is 5. The largest absolute Gasteiger partial charge is 0.323 e. The average Bonchev–Trinajstić information content (AvgIpc) is 2.83. The quantitative estimate of drug-likeness (QED) is 0.654. The lowest BCUT2D eigenvalue weighted by Gasteiger charge is -2.19. The summed E-state index contributed by atoms with van der Waals surface area (Å²) in [5.74, 6) is -0.207. The van der Waals surface area contributed by atoms with Crippen LogP contribution in [0.15, 0.2) is 12.1 Å². The smallest absolute Gasteiger partial charge is 0.241 e.